The molecular weight excluding hydrogens is 396 g/mol. The fraction of sp³-hybridized carbons (Fsp3) is 0.0833. The Bertz CT molecular complexity index is 1190. The summed E-state index contributed by atoms with van der Waals surface area (Å²) in [5, 5.41) is 5.12. The fourth-order valence-electron chi connectivity index (χ4n) is 3.66. The molecule has 0 radical (unpaired) electrons. The lowest BCUT2D eigenvalue weighted by atomic mass is 10.1. The van der Waals surface area contributed by atoms with Crippen LogP contribution in [-0.4, -0.2) is 10.9 Å². The summed E-state index contributed by atoms with van der Waals surface area (Å²) in [5.74, 6) is 0.673. The van der Waals surface area contributed by atoms with Crippen LogP contribution >= 0.6 is 23.1 Å². The van der Waals surface area contributed by atoms with Gasteiger partial charge in [-0.05, 0) is 52.9 Å². The Kier molecular flexibility index (Phi) is 4.92. The van der Waals surface area contributed by atoms with Crippen LogP contribution in [0.25, 0.3) is 11.1 Å². The highest BCUT2D eigenvalue weighted by molar-refractivity contribution is 7.98. The smallest absolute Gasteiger partial charge is 0.256 e. The molecule has 0 aliphatic heterocycles. The normalized spacial score (nSPS) is 11.7. The highest BCUT2D eigenvalue weighted by Gasteiger charge is 2.19. The molecule has 0 atom stereocenters. The van der Waals surface area contributed by atoms with Crippen LogP contribution in [0.15, 0.2) is 82.5 Å². The van der Waals surface area contributed by atoms with E-state index in [9.17, 15) is 4.79 Å². The van der Waals surface area contributed by atoms with Gasteiger partial charge in [0.05, 0.1) is 16.8 Å². The second kappa shape index (κ2) is 7.85. The minimum Gasteiger partial charge on any atom is -0.322 e. The van der Waals surface area contributed by atoms with E-state index in [0.29, 0.717) is 5.56 Å². The van der Waals surface area contributed by atoms with Crippen molar-refractivity contribution in [2.24, 2.45) is 0 Å². The molecule has 0 unspecified atom stereocenters. The molecule has 1 heterocycles. The van der Waals surface area contributed by atoms with Gasteiger partial charge in [-0.3, -0.25) is 4.79 Å². The van der Waals surface area contributed by atoms with Crippen molar-refractivity contribution in [2.75, 3.05) is 5.32 Å². The Morgan fingerprint density at radius 2 is 1.83 bits per heavy atom. The lowest BCUT2D eigenvalue weighted by Crippen LogP contribution is -2.13. The number of hydrogen-bond donors (Lipinski definition) is 1. The molecule has 1 aliphatic carbocycles. The molecule has 1 amide bonds. The van der Waals surface area contributed by atoms with Crippen LogP contribution in [0.1, 0.15) is 27.2 Å². The molecule has 0 spiro atoms. The predicted molar refractivity (Wildman–Crippen MR) is 121 cm³/mol. The van der Waals surface area contributed by atoms with E-state index in [1.807, 2.05) is 41.2 Å². The number of hydrogen-bond acceptors (Lipinski definition) is 4. The highest BCUT2D eigenvalue weighted by atomic mass is 32.2. The predicted octanol–water partition coefficient (Wildman–Crippen LogP) is 6.26. The van der Waals surface area contributed by atoms with Crippen LogP contribution in [-0.2, 0) is 12.2 Å². The summed E-state index contributed by atoms with van der Waals surface area (Å²) in [4.78, 5) is 18.3. The maximum atomic E-state index is 13.0. The van der Waals surface area contributed by atoms with Gasteiger partial charge in [-0.2, -0.15) is 0 Å². The van der Waals surface area contributed by atoms with Crippen molar-refractivity contribution in [1.29, 1.82) is 0 Å². The van der Waals surface area contributed by atoms with Gasteiger partial charge < -0.3 is 5.32 Å². The second-order valence-corrected chi connectivity index (χ2v) is 8.66. The lowest BCUT2D eigenvalue weighted by molar-refractivity contribution is 0.102. The van der Waals surface area contributed by atoms with Crippen LogP contribution < -0.4 is 5.32 Å². The quantitative estimate of drug-likeness (QED) is 0.345. The summed E-state index contributed by atoms with van der Waals surface area (Å²) < 4.78 is 0. The molecule has 1 aliphatic rings. The van der Waals surface area contributed by atoms with Crippen molar-refractivity contribution in [3.05, 3.63) is 100 Å². The van der Waals surface area contributed by atoms with Gasteiger partial charge in [0.15, 0.2) is 0 Å². The molecule has 1 N–H and O–H groups in total. The van der Waals surface area contributed by atoms with Crippen LogP contribution in [0.3, 0.4) is 0 Å². The summed E-state index contributed by atoms with van der Waals surface area (Å²) in [6.45, 7) is 0. The lowest BCUT2D eigenvalue weighted by Gasteiger charge is -2.11. The number of benzene rings is 3. The van der Waals surface area contributed by atoms with Gasteiger partial charge in [-0.25, -0.2) is 4.98 Å². The number of carbonyl (C=O) groups is 1. The van der Waals surface area contributed by atoms with Crippen LogP contribution in [0, 0.1) is 0 Å². The third-order valence-electron chi connectivity index (χ3n) is 5.04. The van der Waals surface area contributed by atoms with E-state index in [1.165, 1.54) is 22.3 Å². The average Bonchev–Trinajstić information content (AvgIpc) is 3.39. The average molecular weight is 415 g/mol. The first-order valence-corrected chi connectivity index (χ1v) is 11.3. The zero-order valence-electron chi connectivity index (χ0n) is 15.6. The topological polar surface area (TPSA) is 42.0 Å². The molecule has 29 heavy (non-hydrogen) atoms. The Balaban J connectivity index is 1.34. The molecule has 1 aromatic heterocycles. The largest absolute Gasteiger partial charge is 0.322 e. The van der Waals surface area contributed by atoms with Crippen molar-refractivity contribution in [3.63, 3.8) is 0 Å². The third-order valence-corrected chi connectivity index (χ3v) is 6.78. The summed E-state index contributed by atoms with van der Waals surface area (Å²) in [6, 6.07) is 22.4. The number of fused-ring (bicyclic) bond motifs is 3. The minimum absolute atomic E-state index is 0.0816. The molecule has 142 valence electrons. The Hall–Kier alpha value is -2.89. The zero-order valence-corrected chi connectivity index (χ0v) is 17.2. The number of rotatable bonds is 5. The maximum absolute atomic E-state index is 13.0. The van der Waals surface area contributed by atoms with Crippen LogP contribution in [0.2, 0.25) is 0 Å². The maximum Gasteiger partial charge on any atom is 0.256 e. The van der Waals surface area contributed by atoms with Crippen molar-refractivity contribution in [3.8, 4) is 11.1 Å². The SMILES string of the molecule is O=C(Nc1ccc2c(c1)Cc1ccccc1-2)c1ccccc1SCc1cscn1. The molecule has 0 bridgehead atoms. The number of thioether (sulfide) groups is 1. The number of anilines is 1. The summed E-state index contributed by atoms with van der Waals surface area (Å²) in [5.41, 5.74) is 9.55. The standard InChI is InChI=1S/C24H18N2OS2/c27-24(22-7-3-4-8-23(22)29-14-19-13-28-15-25-19)26-18-9-10-21-17(12-18)11-16-5-1-2-6-20(16)21/h1-10,12-13,15H,11,14H2,(H,26,27). The number of nitrogens with one attached hydrogen (secondary N) is 1. The van der Waals surface area contributed by atoms with Gasteiger partial charge in [0.25, 0.3) is 5.91 Å². The van der Waals surface area contributed by atoms with Crippen molar-refractivity contribution < 1.29 is 4.79 Å². The molecule has 5 heteroatoms. The van der Waals surface area contributed by atoms with Crippen molar-refractivity contribution in [1.82, 2.24) is 4.98 Å². The first kappa shape index (κ1) is 18.2. The van der Waals surface area contributed by atoms with Gasteiger partial charge in [0.2, 0.25) is 0 Å². The summed E-state index contributed by atoms with van der Waals surface area (Å²) >= 11 is 3.23. The van der Waals surface area contributed by atoms with Gasteiger partial charge in [0, 0.05) is 21.7 Å². The Labute approximate surface area is 177 Å². The monoisotopic (exact) mass is 414 g/mol. The molecule has 0 fully saturated rings. The molecule has 5 rings (SSSR count). The Morgan fingerprint density at radius 3 is 2.72 bits per heavy atom. The first-order chi connectivity index (χ1) is 14.3. The van der Waals surface area contributed by atoms with E-state index in [2.05, 4.69) is 46.7 Å². The number of nitrogens with zero attached hydrogens (tertiary/aromatic N) is 1. The number of thiazole rings is 1. The van der Waals surface area contributed by atoms with E-state index < -0.39 is 0 Å². The van der Waals surface area contributed by atoms with E-state index >= 15 is 0 Å². The molecule has 3 nitrogen and oxygen atoms in total. The van der Waals surface area contributed by atoms with Crippen molar-refractivity contribution >= 4 is 34.7 Å². The van der Waals surface area contributed by atoms with Gasteiger partial charge in [-0.1, -0.05) is 42.5 Å². The van der Waals surface area contributed by atoms with Crippen molar-refractivity contribution in [2.45, 2.75) is 17.1 Å². The van der Waals surface area contributed by atoms with E-state index in [4.69, 9.17) is 0 Å². The number of aromatic nitrogens is 1. The Morgan fingerprint density at radius 1 is 1.00 bits per heavy atom. The second-order valence-electron chi connectivity index (χ2n) is 6.92. The van der Waals surface area contributed by atoms with Crippen LogP contribution in [0.4, 0.5) is 5.69 Å². The van der Waals surface area contributed by atoms with E-state index in [1.54, 1.807) is 23.1 Å². The molecule has 4 aromatic rings. The molecule has 0 saturated carbocycles. The summed E-state index contributed by atoms with van der Waals surface area (Å²) in [7, 11) is 0. The molecular formula is C24H18N2OS2. The van der Waals surface area contributed by atoms with Gasteiger partial charge in [0.1, 0.15) is 0 Å². The number of amides is 1. The van der Waals surface area contributed by atoms with E-state index in [0.717, 1.165) is 28.5 Å². The van der Waals surface area contributed by atoms with Gasteiger partial charge in [-0.15, -0.1) is 23.1 Å². The van der Waals surface area contributed by atoms with Crippen LogP contribution in [0.5, 0.6) is 0 Å². The summed E-state index contributed by atoms with van der Waals surface area (Å²) in [6.07, 6.45) is 0.912. The zero-order chi connectivity index (χ0) is 19.6. The molecule has 3 aromatic carbocycles. The minimum atomic E-state index is -0.0816. The first-order valence-electron chi connectivity index (χ1n) is 9.39. The molecule has 0 saturated heterocycles. The highest BCUT2D eigenvalue weighted by Crippen LogP contribution is 2.37. The van der Waals surface area contributed by atoms with Gasteiger partial charge >= 0.3 is 0 Å². The number of carbonyl (C=O) groups excluding carboxylic acids is 1. The van der Waals surface area contributed by atoms with E-state index in [-0.39, 0.29) is 5.91 Å². The third kappa shape index (κ3) is 3.71. The fourth-order valence-corrected chi connectivity index (χ4v) is 5.28.